The minimum atomic E-state index is -0.154. The van der Waals surface area contributed by atoms with Gasteiger partial charge >= 0.3 is 0 Å². The maximum absolute atomic E-state index is 12.6. The predicted molar refractivity (Wildman–Crippen MR) is 105 cm³/mol. The van der Waals surface area contributed by atoms with Crippen molar-refractivity contribution in [3.63, 3.8) is 0 Å². The van der Waals surface area contributed by atoms with Crippen LogP contribution in [0.5, 0.6) is 0 Å². The van der Waals surface area contributed by atoms with E-state index in [2.05, 4.69) is 10.3 Å². The Morgan fingerprint density at radius 3 is 2.75 bits per heavy atom. The van der Waals surface area contributed by atoms with Gasteiger partial charge in [-0.2, -0.15) is 5.10 Å². The normalized spacial score (nSPS) is 11.1. The quantitative estimate of drug-likeness (QED) is 0.403. The number of furan rings is 1. The van der Waals surface area contributed by atoms with Crippen LogP contribution in [-0.4, -0.2) is 20.7 Å². The summed E-state index contributed by atoms with van der Waals surface area (Å²) in [6.45, 7) is 2.45. The average Bonchev–Trinajstić information content (AvgIpc) is 3.41. The summed E-state index contributed by atoms with van der Waals surface area (Å²) < 4.78 is 12.3. The minimum absolute atomic E-state index is 0.154. The number of rotatable bonds is 6. The van der Waals surface area contributed by atoms with Gasteiger partial charge in [-0.25, -0.2) is 0 Å². The molecule has 3 heterocycles. The highest BCUT2D eigenvalue weighted by molar-refractivity contribution is 6.42. The Labute approximate surface area is 170 Å². The second-order valence-electron chi connectivity index (χ2n) is 6.31. The van der Waals surface area contributed by atoms with E-state index >= 15 is 0 Å². The molecule has 0 bridgehead atoms. The molecule has 0 amide bonds. The number of hydrogen-bond donors (Lipinski definition) is 0. The molecule has 4 aromatic rings. The molecule has 0 radical (unpaired) electrons. The molecule has 142 valence electrons. The Morgan fingerprint density at radius 1 is 1.14 bits per heavy atom. The lowest BCUT2D eigenvalue weighted by molar-refractivity contribution is 0.0984. The van der Waals surface area contributed by atoms with Crippen LogP contribution >= 0.6 is 23.2 Å². The van der Waals surface area contributed by atoms with E-state index in [1.54, 1.807) is 36.5 Å². The van der Waals surface area contributed by atoms with Gasteiger partial charge in [0.15, 0.2) is 17.2 Å². The van der Waals surface area contributed by atoms with E-state index in [0.29, 0.717) is 28.1 Å². The third-order valence-electron chi connectivity index (χ3n) is 4.43. The smallest absolute Gasteiger partial charge is 0.202 e. The van der Waals surface area contributed by atoms with E-state index < -0.39 is 0 Å². The third-order valence-corrected chi connectivity index (χ3v) is 5.17. The number of hydrogen-bond acceptors (Lipinski definition) is 5. The molecule has 4 rings (SSSR count). The zero-order valence-electron chi connectivity index (χ0n) is 14.9. The van der Waals surface area contributed by atoms with Crippen LogP contribution in [0.1, 0.15) is 27.3 Å². The Kier molecular flexibility index (Phi) is 5.07. The van der Waals surface area contributed by atoms with E-state index in [4.69, 9.17) is 32.1 Å². The van der Waals surface area contributed by atoms with Crippen molar-refractivity contribution >= 4 is 29.0 Å². The number of Topliss-reactive ketones (excluding diaryl/α,β-unsaturated/α-hetero) is 1. The predicted octanol–water partition coefficient (Wildman–Crippen LogP) is 5.22. The molecule has 0 aliphatic heterocycles. The topological polar surface area (TPSA) is 74.1 Å². The molecule has 3 aromatic heterocycles. The molecule has 0 saturated carbocycles. The lowest BCUT2D eigenvalue weighted by atomic mass is 10.1. The summed E-state index contributed by atoms with van der Waals surface area (Å²) in [4.78, 5) is 12.6. The molecule has 0 atom stereocenters. The standard InChI is InChI=1S/C20H15Cl2N3O3/c1-12-14(10-23-25(12)11-13-4-5-15(21)16(22)7-13)8-18(26)17-9-20(28-24-17)19-3-2-6-27-19/h2-7,9-10H,8,11H2,1H3. The van der Waals surface area contributed by atoms with Crippen molar-refractivity contribution in [2.75, 3.05) is 0 Å². The number of ketones is 1. The summed E-state index contributed by atoms with van der Waals surface area (Å²) >= 11 is 12.0. The highest BCUT2D eigenvalue weighted by Crippen LogP contribution is 2.24. The van der Waals surface area contributed by atoms with E-state index in [9.17, 15) is 4.79 Å². The van der Waals surface area contributed by atoms with Gasteiger partial charge in [-0.05, 0) is 36.8 Å². The number of aromatic nitrogens is 3. The van der Waals surface area contributed by atoms with Crippen LogP contribution in [0.4, 0.5) is 0 Å². The van der Waals surface area contributed by atoms with Crippen LogP contribution in [0, 0.1) is 6.92 Å². The fraction of sp³-hybridized carbons (Fsp3) is 0.150. The fourth-order valence-electron chi connectivity index (χ4n) is 2.83. The molecule has 0 N–H and O–H groups in total. The van der Waals surface area contributed by atoms with Crippen molar-refractivity contribution < 1.29 is 13.7 Å². The summed E-state index contributed by atoms with van der Waals surface area (Å²) in [5.74, 6) is 0.788. The van der Waals surface area contributed by atoms with E-state index in [-0.39, 0.29) is 17.9 Å². The fourth-order valence-corrected chi connectivity index (χ4v) is 3.15. The van der Waals surface area contributed by atoms with Gasteiger partial charge in [0, 0.05) is 23.7 Å². The highest BCUT2D eigenvalue weighted by Gasteiger charge is 2.18. The summed E-state index contributed by atoms with van der Waals surface area (Å²) in [5.41, 5.74) is 2.95. The van der Waals surface area contributed by atoms with Crippen LogP contribution in [0.2, 0.25) is 10.0 Å². The van der Waals surface area contributed by atoms with Gasteiger partial charge in [-0.1, -0.05) is 34.4 Å². The van der Waals surface area contributed by atoms with E-state index in [1.165, 1.54) is 6.26 Å². The summed E-state index contributed by atoms with van der Waals surface area (Å²) in [5, 5.41) is 9.24. The van der Waals surface area contributed by atoms with Gasteiger partial charge in [-0.3, -0.25) is 9.48 Å². The lowest BCUT2D eigenvalue weighted by Crippen LogP contribution is -2.07. The molecule has 0 saturated heterocycles. The van der Waals surface area contributed by atoms with Gasteiger partial charge in [0.2, 0.25) is 5.76 Å². The van der Waals surface area contributed by atoms with Crippen molar-refractivity contribution in [3.8, 4) is 11.5 Å². The van der Waals surface area contributed by atoms with Gasteiger partial charge < -0.3 is 8.94 Å². The van der Waals surface area contributed by atoms with Gasteiger partial charge in [0.1, 0.15) is 0 Å². The van der Waals surface area contributed by atoms with Crippen molar-refractivity contribution in [3.05, 3.63) is 81.4 Å². The van der Waals surface area contributed by atoms with Crippen molar-refractivity contribution in [2.45, 2.75) is 19.9 Å². The SMILES string of the molecule is Cc1c(CC(=O)c2cc(-c3ccco3)on2)cnn1Cc1ccc(Cl)c(Cl)c1. The van der Waals surface area contributed by atoms with Gasteiger partial charge in [0.05, 0.1) is 29.1 Å². The van der Waals surface area contributed by atoms with E-state index in [1.807, 2.05) is 17.7 Å². The highest BCUT2D eigenvalue weighted by atomic mass is 35.5. The maximum Gasteiger partial charge on any atom is 0.202 e. The second-order valence-corrected chi connectivity index (χ2v) is 7.13. The molecule has 8 heteroatoms. The summed E-state index contributed by atoms with van der Waals surface area (Å²) in [7, 11) is 0. The molecule has 0 aliphatic rings. The van der Waals surface area contributed by atoms with Crippen LogP contribution in [0.3, 0.4) is 0 Å². The van der Waals surface area contributed by atoms with Gasteiger partial charge in [-0.15, -0.1) is 0 Å². The Hall–Kier alpha value is -2.83. The second kappa shape index (κ2) is 7.66. The first-order valence-corrected chi connectivity index (χ1v) is 9.26. The Morgan fingerprint density at radius 2 is 2.00 bits per heavy atom. The van der Waals surface area contributed by atoms with Crippen LogP contribution in [-0.2, 0) is 13.0 Å². The minimum Gasteiger partial charge on any atom is -0.461 e. The Bertz CT molecular complexity index is 1130. The van der Waals surface area contributed by atoms with Crippen molar-refractivity contribution in [2.24, 2.45) is 0 Å². The average molecular weight is 416 g/mol. The lowest BCUT2D eigenvalue weighted by Gasteiger charge is -2.07. The van der Waals surface area contributed by atoms with E-state index in [0.717, 1.165) is 16.8 Å². The molecule has 0 fully saturated rings. The third kappa shape index (κ3) is 3.74. The summed E-state index contributed by atoms with van der Waals surface area (Å²) in [6.07, 6.45) is 3.40. The number of carbonyl (C=O) groups excluding carboxylic acids is 1. The van der Waals surface area contributed by atoms with Crippen LogP contribution in [0.25, 0.3) is 11.5 Å². The first-order valence-electron chi connectivity index (χ1n) is 8.50. The number of benzene rings is 1. The summed E-state index contributed by atoms with van der Waals surface area (Å²) in [6, 6.07) is 10.5. The molecule has 0 spiro atoms. The molecule has 0 unspecified atom stereocenters. The number of nitrogens with zero attached hydrogens (tertiary/aromatic N) is 3. The van der Waals surface area contributed by atoms with Crippen molar-refractivity contribution in [1.82, 2.24) is 14.9 Å². The number of carbonyl (C=O) groups is 1. The zero-order chi connectivity index (χ0) is 19.7. The molecule has 28 heavy (non-hydrogen) atoms. The molecule has 6 nitrogen and oxygen atoms in total. The molecule has 0 aliphatic carbocycles. The van der Waals surface area contributed by atoms with Crippen LogP contribution in [0.15, 0.2) is 57.8 Å². The first-order chi connectivity index (χ1) is 13.5. The molecular weight excluding hydrogens is 401 g/mol. The number of halogens is 2. The first kappa shape index (κ1) is 18.5. The molecule has 1 aromatic carbocycles. The van der Waals surface area contributed by atoms with Gasteiger partial charge in [0.25, 0.3) is 0 Å². The van der Waals surface area contributed by atoms with Crippen molar-refractivity contribution in [1.29, 1.82) is 0 Å². The maximum atomic E-state index is 12.6. The largest absolute Gasteiger partial charge is 0.461 e. The van der Waals surface area contributed by atoms with Crippen LogP contribution < -0.4 is 0 Å². The zero-order valence-corrected chi connectivity index (χ0v) is 16.4. The Balaban J connectivity index is 1.48. The molecular formula is C20H15Cl2N3O3. The monoisotopic (exact) mass is 415 g/mol.